The minimum atomic E-state index is -1.98. The van der Waals surface area contributed by atoms with Crippen molar-refractivity contribution in [2.24, 2.45) is 0 Å². The summed E-state index contributed by atoms with van der Waals surface area (Å²) in [5.41, 5.74) is -5.35. The summed E-state index contributed by atoms with van der Waals surface area (Å²) in [5.74, 6) is -19.2. The predicted octanol–water partition coefficient (Wildman–Crippen LogP) is 8.10. The summed E-state index contributed by atoms with van der Waals surface area (Å²) in [4.78, 5) is 46.0. The van der Waals surface area contributed by atoms with E-state index in [1.54, 1.807) is 0 Å². The Labute approximate surface area is 334 Å². The number of rotatable bonds is 12. The number of ketones is 4. The van der Waals surface area contributed by atoms with Gasteiger partial charge in [-0.15, -0.1) is 0 Å². The molecule has 0 saturated carbocycles. The van der Waals surface area contributed by atoms with E-state index in [-0.39, 0.29) is 22.3 Å². The fourth-order valence-electron chi connectivity index (χ4n) is 4.83. The quantitative estimate of drug-likeness (QED) is 0.0534. The first-order valence-corrected chi connectivity index (χ1v) is 16.6. The summed E-state index contributed by atoms with van der Waals surface area (Å²) in [7, 11) is 0. The summed E-state index contributed by atoms with van der Waals surface area (Å²) in [6, 6.07) is 0. The van der Waals surface area contributed by atoms with Crippen LogP contribution in [-0.4, -0.2) is 43.6 Å². The van der Waals surface area contributed by atoms with E-state index in [4.69, 9.17) is 7.35 Å². The number of Topliss-reactive ketones (excluding diaryl/α,β-unsaturated/α-hetero) is 4. The zero-order valence-corrected chi connectivity index (χ0v) is 33.8. The molecule has 0 aromatic heterocycles. The van der Waals surface area contributed by atoms with Crippen LogP contribution < -0.4 is 0 Å². The zero-order chi connectivity index (χ0) is 44.7. The second-order valence-electron chi connectivity index (χ2n) is 11.6. The molecule has 20 heteroatoms. The van der Waals surface area contributed by atoms with Gasteiger partial charge in [0.1, 0.15) is 11.6 Å². The van der Waals surface area contributed by atoms with Gasteiger partial charge in [-0.3, -0.25) is 19.2 Å². The second-order valence-corrected chi connectivity index (χ2v) is 11.6. The Morgan fingerprint density at radius 1 is 0.339 bits per heavy atom. The second kappa shape index (κ2) is 24.2. The van der Waals surface area contributed by atoms with Crippen molar-refractivity contribution in [2.75, 3.05) is 0 Å². The molecule has 0 bridgehead atoms. The molecule has 0 amide bonds. The van der Waals surface area contributed by atoms with Crippen LogP contribution in [0.3, 0.4) is 0 Å². The molecule has 10 nitrogen and oxygen atoms in total. The molecular weight excluding hydrogens is 846 g/mol. The van der Waals surface area contributed by atoms with Crippen molar-refractivity contribution in [3.05, 3.63) is 114 Å². The van der Waals surface area contributed by atoms with Crippen LogP contribution in [0, 0.1) is 46.5 Å². The Morgan fingerprint density at radius 3 is 0.589 bits per heavy atom. The number of aliphatic hydroxyl groups is 4. The van der Waals surface area contributed by atoms with Gasteiger partial charge in [0.25, 0.3) is 0 Å². The molecule has 306 valence electrons. The van der Waals surface area contributed by atoms with E-state index in [1.165, 1.54) is 0 Å². The van der Waals surface area contributed by atoms with Crippen molar-refractivity contribution >= 4 is 23.1 Å². The van der Waals surface area contributed by atoms with Crippen molar-refractivity contribution in [1.82, 2.24) is 0 Å². The Bertz CT molecular complexity index is 1720. The molecule has 0 fully saturated rings. The van der Waals surface area contributed by atoms with E-state index in [1.807, 2.05) is 0 Å². The van der Waals surface area contributed by atoms with Crippen molar-refractivity contribution in [3.63, 3.8) is 0 Å². The summed E-state index contributed by atoms with van der Waals surface area (Å²) >= 11 is 2.12. The molecule has 0 aliphatic rings. The van der Waals surface area contributed by atoms with E-state index in [0.29, 0.717) is 0 Å². The number of hydrogen-bond acceptors (Lipinski definition) is 10. The minimum absolute atomic E-state index is 0.375. The number of carbonyl (C=O) groups is 4. The molecule has 2 aromatic carbocycles. The number of benzene rings is 2. The molecule has 4 N–H and O–H groups in total. The average molecular weight is 883 g/mol. The summed E-state index contributed by atoms with van der Waals surface area (Å²) in [6.07, 6.45) is -3.24. The molecule has 0 saturated heterocycles. The Kier molecular flexibility index (Phi) is 23.2. The third-order valence-electron chi connectivity index (χ3n) is 7.75. The molecular formula is C36H36F8O10V2. The number of aliphatic hydroxyl groups excluding tert-OH is 4. The van der Waals surface area contributed by atoms with Gasteiger partial charge in [-0.05, 0) is 55.4 Å². The van der Waals surface area contributed by atoms with Crippen molar-refractivity contribution in [2.45, 2.75) is 81.1 Å². The van der Waals surface area contributed by atoms with Gasteiger partial charge in [0.05, 0.1) is 23.0 Å². The third-order valence-corrected chi connectivity index (χ3v) is 7.75. The van der Waals surface area contributed by atoms with Gasteiger partial charge < -0.3 is 20.4 Å². The van der Waals surface area contributed by atoms with Crippen LogP contribution >= 0.6 is 0 Å². The van der Waals surface area contributed by atoms with Gasteiger partial charge >= 0.3 is 42.1 Å². The molecule has 0 aliphatic heterocycles. The average Bonchev–Trinajstić information content (AvgIpc) is 3.10. The van der Waals surface area contributed by atoms with Crippen LogP contribution in [0.2, 0.25) is 0 Å². The fourth-order valence-corrected chi connectivity index (χ4v) is 4.83. The van der Waals surface area contributed by atoms with Crippen molar-refractivity contribution in [1.29, 1.82) is 0 Å². The molecule has 2 rings (SSSR count). The van der Waals surface area contributed by atoms with E-state index < -0.39 is 141 Å². The van der Waals surface area contributed by atoms with Gasteiger partial charge in [0.15, 0.2) is 58.0 Å². The first-order valence-electron chi connectivity index (χ1n) is 15.4. The van der Waals surface area contributed by atoms with Crippen LogP contribution in [0.5, 0.6) is 0 Å². The molecule has 0 aliphatic carbocycles. The topological polar surface area (TPSA) is 183 Å². The van der Waals surface area contributed by atoms with Gasteiger partial charge in [-0.1, -0.05) is 0 Å². The number of allylic oxidation sites excluding steroid dienone is 8. The summed E-state index contributed by atoms with van der Waals surface area (Å²) in [6.45, 7) is 8.60. The van der Waals surface area contributed by atoms with E-state index in [9.17, 15) is 74.7 Å². The fraction of sp³-hybridized carbons (Fsp3) is 0.333. The van der Waals surface area contributed by atoms with Crippen LogP contribution in [0.1, 0.15) is 77.6 Å². The van der Waals surface area contributed by atoms with Gasteiger partial charge in [-0.25, -0.2) is 35.1 Å². The van der Waals surface area contributed by atoms with Crippen LogP contribution in [0.15, 0.2) is 45.3 Å². The number of carbonyl (C=O) groups excluding carboxylic acids is 4. The van der Waals surface area contributed by atoms with Crippen LogP contribution in [0.4, 0.5) is 35.1 Å². The van der Waals surface area contributed by atoms with Crippen molar-refractivity contribution < 1.29 is 117 Å². The Balaban J connectivity index is 0. The maximum atomic E-state index is 14.7. The van der Waals surface area contributed by atoms with Crippen LogP contribution in [0.25, 0.3) is 0 Å². The first-order chi connectivity index (χ1) is 25.8. The predicted molar refractivity (Wildman–Crippen MR) is 173 cm³/mol. The zero-order valence-electron chi connectivity index (χ0n) is 31.0. The summed E-state index contributed by atoms with van der Waals surface area (Å²) in [5, 5.41) is 37.9. The molecule has 2 aromatic rings. The molecule has 0 radical (unpaired) electrons. The Hall–Kier alpha value is -4.51. The molecule has 0 heterocycles. The monoisotopic (exact) mass is 882 g/mol. The molecule has 56 heavy (non-hydrogen) atoms. The van der Waals surface area contributed by atoms with E-state index >= 15 is 0 Å². The Morgan fingerprint density at radius 2 is 0.482 bits per heavy atom. The van der Waals surface area contributed by atoms with Crippen LogP contribution in [-0.2, 0) is 86.9 Å². The number of halogens is 8. The third kappa shape index (κ3) is 13.9. The maximum absolute atomic E-state index is 14.7. The van der Waals surface area contributed by atoms with E-state index in [2.05, 4.69) is 0 Å². The normalized spacial score (nSPS) is 12.4. The molecule has 0 unspecified atom stereocenters. The van der Waals surface area contributed by atoms with Gasteiger partial charge in [-0.2, -0.15) is 0 Å². The van der Waals surface area contributed by atoms with E-state index in [0.717, 1.165) is 90.1 Å². The summed E-state index contributed by atoms with van der Waals surface area (Å²) < 4.78 is 130. The SMILES string of the molecule is CC(=O)C(Cc1c(F)c(F)c(F)c(CC(C(C)=O)=C(C)O)c1F)=C(C)O.CC(=O)C(Cc1c(F)c(F)c(F)c(CC(C(C)=O)=C(C)O)c1F)=C(C)O.[O]=[V].[O]=[V]. The first kappa shape index (κ1) is 53.6. The van der Waals surface area contributed by atoms with Crippen molar-refractivity contribution in [3.8, 4) is 0 Å². The standard InChI is InChI=1S/2C18H18F4O4.2O.2V/c2*1-7(23)11(8(2)24)5-13-15(19)14(17(21)18(22)16(13)20)6-12(9(3)25)10(4)26;;;;/h2*23,25H,5-6H2,1-4H3;;;;. The van der Waals surface area contributed by atoms with Gasteiger partial charge in [0.2, 0.25) is 0 Å². The number of hydrogen-bond donors (Lipinski definition) is 4. The molecule has 0 atom stereocenters. The molecule has 0 spiro atoms. The van der Waals surface area contributed by atoms with Gasteiger partial charge in [0, 0.05) is 70.2 Å².